The fourth-order valence-corrected chi connectivity index (χ4v) is 3.24. The van der Waals surface area contributed by atoms with Crippen LogP contribution in [0.2, 0.25) is 0 Å². The van der Waals surface area contributed by atoms with Crippen molar-refractivity contribution in [3.63, 3.8) is 0 Å². The van der Waals surface area contributed by atoms with Crippen molar-refractivity contribution in [1.29, 1.82) is 0 Å². The number of aliphatic imine (C=N–C) groups is 1. The molecule has 0 aliphatic carbocycles. The number of amidine groups is 1. The average Bonchev–Trinajstić information content (AvgIpc) is 3.22. The number of nitrogens with one attached hydrogen (secondary N) is 2. The third-order valence-corrected chi connectivity index (χ3v) is 4.34. The maximum atomic E-state index is 12.7. The molecular formula is C18H24N4O. The molecule has 3 rings (SSSR count). The van der Waals surface area contributed by atoms with Crippen molar-refractivity contribution in [2.24, 2.45) is 10.9 Å². The van der Waals surface area contributed by atoms with E-state index in [2.05, 4.69) is 41.3 Å². The quantitative estimate of drug-likeness (QED) is 0.848. The number of allylic oxidation sites excluding steroid dienone is 1. The second-order valence-electron chi connectivity index (χ2n) is 6.05. The zero-order valence-electron chi connectivity index (χ0n) is 13.7. The van der Waals surface area contributed by atoms with Gasteiger partial charge in [0.15, 0.2) is 0 Å². The highest BCUT2D eigenvalue weighted by Crippen LogP contribution is 2.33. The number of hydrogen-bond acceptors (Lipinski definition) is 3. The predicted molar refractivity (Wildman–Crippen MR) is 92.4 cm³/mol. The first-order chi connectivity index (χ1) is 11.2. The van der Waals surface area contributed by atoms with Gasteiger partial charge >= 0.3 is 0 Å². The van der Waals surface area contributed by atoms with Crippen molar-refractivity contribution in [2.45, 2.75) is 32.6 Å². The summed E-state index contributed by atoms with van der Waals surface area (Å²) in [5.74, 6) is 1.53. The molecule has 0 radical (unpaired) electrons. The van der Waals surface area contributed by atoms with Crippen molar-refractivity contribution in [2.75, 3.05) is 13.1 Å². The molecule has 5 nitrogen and oxygen atoms in total. The first-order valence-electron chi connectivity index (χ1n) is 8.39. The Hall–Kier alpha value is -2.30. The van der Waals surface area contributed by atoms with Gasteiger partial charge in [0.05, 0.1) is 0 Å². The number of amides is 1. The third kappa shape index (κ3) is 3.09. The molecule has 0 fully saturated rings. The minimum atomic E-state index is 0.0914. The molecule has 0 saturated carbocycles. The van der Waals surface area contributed by atoms with E-state index in [0.717, 1.165) is 37.3 Å². The van der Waals surface area contributed by atoms with Crippen molar-refractivity contribution >= 4 is 11.7 Å². The van der Waals surface area contributed by atoms with Gasteiger partial charge in [-0.25, -0.2) is 4.99 Å². The van der Waals surface area contributed by atoms with Crippen LogP contribution >= 0.6 is 0 Å². The Morgan fingerprint density at radius 3 is 2.74 bits per heavy atom. The number of hydrogen-bond donors (Lipinski definition) is 2. The summed E-state index contributed by atoms with van der Waals surface area (Å²) in [4.78, 5) is 22.1. The maximum absolute atomic E-state index is 12.7. The second-order valence-corrected chi connectivity index (χ2v) is 6.05. The zero-order valence-corrected chi connectivity index (χ0v) is 13.7. The van der Waals surface area contributed by atoms with Gasteiger partial charge < -0.3 is 15.2 Å². The summed E-state index contributed by atoms with van der Waals surface area (Å²) in [6.07, 6.45) is 11.9. The van der Waals surface area contributed by atoms with Crippen LogP contribution in [0.4, 0.5) is 0 Å². The molecule has 1 amide bonds. The average molecular weight is 312 g/mol. The molecule has 122 valence electrons. The standard InChI is InChI=1S/C18H24N4O/c1-3-9-22(10-4-2)18(23)16-11-13(12-21-16)14-5-7-19-17-15(14)6-8-20-17/h5-8,11-12,14-15,21H,3-4,9-10H2,1-2H3,(H,19,20). The number of rotatable bonds is 6. The molecule has 1 aromatic heterocycles. The summed E-state index contributed by atoms with van der Waals surface area (Å²) in [6, 6.07) is 1.99. The lowest BCUT2D eigenvalue weighted by Crippen LogP contribution is -2.32. The molecule has 23 heavy (non-hydrogen) atoms. The summed E-state index contributed by atoms with van der Waals surface area (Å²) in [5.41, 5.74) is 1.80. The number of aromatic nitrogens is 1. The fraction of sp³-hybridized carbons (Fsp3) is 0.444. The van der Waals surface area contributed by atoms with Gasteiger partial charge in [0.2, 0.25) is 0 Å². The van der Waals surface area contributed by atoms with Gasteiger partial charge in [0.25, 0.3) is 5.91 Å². The van der Waals surface area contributed by atoms with E-state index in [4.69, 9.17) is 0 Å². The van der Waals surface area contributed by atoms with E-state index >= 15 is 0 Å². The van der Waals surface area contributed by atoms with E-state index in [9.17, 15) is 4.79 Å². The molecule has 0 aromatic carbocycles. The monoisotopic (exact) mass is 312 g/mol. The van der Waals surface area contributed by atoms with Gasteiger partial charge in [0.1, 0.15) is 11.5 Å². The van der Waals surface area contributed by atoms with E-state index in [1.807, 2.05) is 29.6 Å². The Bertz CT molecular complexity index is 650. The van der Waals surface area contributed by atoms with Gasteiger partial charge in [-0.1, -0.05) is 26.0 Å². The minimum absolute atomic E-state index is 0.0914. The molecule has 2 aliphatic rings. The Labute approximate surface area is 137 Å². The summed E-state index contributed by atoms with van der Waals surface area (Å²) in [6.45, 7) is 5.80. The highest BCUT2D eigenvalue weighted by molar-refractivity contribution is 5.93. The highest BCUT2D eigenvalue weighted by Gasteiger charge is 2.29. The molecule has 2 N–H and O–H groups in total. The lowest BCUT2D eigenvalue weighted by atomic mass is 9.86. The van der Waals surface area contributed by atoms with Crippen LogP contribution in [-0.2, 0) is 0 Å². The van der Waals surface area contributed by atoms with Gasteiger partial charge in [-0.15, -0.1) is 0 Å². The smallest absolute Gasteiger partial charge is 0.270 e. The number of H-pyrrole nitrogens is 1. The second kappa shape index (κ2) is 6.86. The molecule has 3 heterocycles. The van der Waals surface area contributed by atoms with Crippen LogP contribution in [-0.4, -0.2) is 34.7 Å². The van der Waals surface area contributed by atoms with E-state index < -0.39 is 0 Å². The normalized spacial score (nSPS) is 21.7. The first-order valence-corrected chi connectivity index (χ1v) is 8.39. The van der Waals surface area contributed by atoms with Crippen molar-refractivity contribution in [3.8, 4) is 0 Å². The predicted octanol–water partition coefficient (Wildman–Crippen LogP) is 3.02. The Balaban J connectivity index is 1.77. The maximum Gasteiger partial charge on any atom is 0.270 e. The molecule has 2 aliphatic heterocycles. The van der Waals surface area contributed by atoms with Gasteiger partial charge in [-0.3, -0.25) is 4.79 Å². The van der Waals surface area contributed by atoms with Crippen molar-refractivity contribution in [3.05, 3.63) is 48.1 Å². The Morgan fingerprint density at radius 2 is 2.00 bits per heavy atom. The van der Waals surface area contributed by atoms with Gasteiger partial charge in [-0.05, 0) is 30.7 Å². The topological polar surface area (TPSA) is 60.5 Å². The summed E-state index contributed by atoms with van der Waals surface area (Å²) in [7, 11) is 0. The Kier molecular flexibility index (Phi) is 4.65. The number of carbonyl (C=O) groups excluding carboxylic acids is 1. The lowest BCUT2D eigenvalue weighted by molar-refractivity contribution is 0.0750. The van der Waals surface area contributed by atoms with Crippen LogP contribution in [0.1, 0.15) is 48.7 Å². The van der Waals surface area contributed by atoms with Gasteiger partial charge in [-0.2, -0.15) is 0 Å². The zero-order chi connectivity index (χ0) is 16.2. The first kappa shape index (κ1) is 15.6. The van der Waals surface area contributed by atoms with E-state index in [-0.39, 0.29) is 17.7 Å². The molecular weight excluding hydrogens is 288 g/mol. The van der Waals surface area contributed by atoms with Crippen LogP contribution < -0.4 is 5.32 Å². The highest BCUT2D eigenvalue weighted by atomic mass is 16.2. The van der Waals surface area contributed by atoms with Crippen molar-refractivity contribution in [1.82, 2.24) is 15.2 Å². The summed E-state index contributed by atoms with van der Waals surface area (Å²) in [5, 5.41) is 3.17. The summed E-state index contributed by atoms with van der Waals surface area (Å²) < 4.78 is 0. The number of fused-ring (bicyclic) bond motifs is 1. The molecule has 0 bridgehead atoms. The van der Waals surface area contributed by atoms with Crippen LogP contribution in [0.3, 0.4) is 0 Å². The number of nitrogens with zero attached hydrogens (tertiary/aromatic N) is 2. The fourth-order valence-electron chi connectivity index (χ4n) is 3.24. The van der Waals surface area contributed by atoms with Crippen LogP contribution in [0, 0.1) is 5.92 Å². The molecule has 1 aromatic rings. The molecule has 0 saturated heterocycles. The van der Waals surface area contributed by atoms with Crippen LogP contribution in [0.25, 0.3) is 0 Å². The largest absolute Gasteiger partial charge is 0.357 e. The van der Waals surface area contributed by atoms with E-state index in [1.54, 1.807) is 0 Å². The molecule has 5 heteroatoms. The molecule has 0 spiro atoms. The van der Waals surface area contributed by atoms with E-state index in [1.165, 1.54) is 0 Å². The Morgan fingerprint density at radius 1 is 1.22 bits per heavy atom. The van der Waals surface area contributed by atoms with Crippen LogP contribution in [0.15, 0.2) is 41.8 Å². The third-order valence-electron chi connectivity index (χ3n) is 4.34. The molecule has 2 atom stereocenters. The SMILES string of the molecule is CCCN(CCC)C(=O)c1cc(C2C=CN=C3NC=CC32)c[nH]1. The van der Waals surface area contributed by atoms with Crippen LogP contribution in [0.5, 0.6) is 0 Å². The van der Waals surface area contributed by atoms with Gasteiger partial charge in [0, 0.05) is 37.3 Å². The molecule has 2 unspecified atom stereocenters. The lowest BCUT2D eigenvalue weighted by Gasteiger charge is -2.22. The summed E-state index contributed by atoms with van der Waals surface area (Å²) >= 11 is 0. The minimum Gasteiger partial charge on any atom is -0.357 e. The number of carbonyl (C=O) groups is 1. The number of aromatic amines is 1. The van der Waals surface area contributed by atoms with Crippen molar-refractivity contribution < 1.29 is 4.79 Å². The van der Waals surface area contributed by atoms with E-state index in [0.29, 0.717) is 5.69 Å².